The minimum absolute atomic E-state index is 0.380. The Morgan fingerprint density at radius 2 is 1.67 bits per heavy atom. The molecular formula is C22H21NO4. The molecule has 1 atom stereocenters. The van der Waals surface area contributed by atoms with Crippen LogP contribution in [0, 0.1) is 0 Å². The summed E-state index contributed by atoms with van der Waals surface area (Å²) in [6.45, 7) is 2.02. The number of amides is 1. The van der Waals surface area contributed by atoms with Crippen LogP contribution in [0.4, 0.5) is 5.69 Å². The van der Waals surface area contributed by atoms with Crippen LogP contribution in [0.25, 0.3) is 10.8 Å². The van der Waals surface area contributed by atoms with Crippen molar-refractivity contribution in [1.29, 1.82) is 0 Å². The minimum atomic E-state index is -0.914. The van der Waals surface area contributed by atoms with Gasteiger partial charge in [-0.05, 0) is 47.5 Å². The Hall–Kier alpha value is -3.18. The number of carbonyl (C=O) groups is 2. The predicted molar refractivity (Wildman–Crippen MR) is 105 cm³/mol. The van der Waals surface area contributed by atoms with Gasteiger partial charge in [0, 0.05) is 12.8 Å². The summed E-state index contributed by atoms with van der Waals surface area (Å²) < 4.78 is 10.3. The Balaban J connectivity index is 1.61. The first-order chi connectivity index (χ1) is 13.1. The van der Waals surface area contributed by atoms with Crippen molar-refractivity contribution in [3.05, 3.63) is 77.9 Å². The van der Waals surface area contributed by atoms with Gasteiger partial charge in [-0.15, -0.1) is 0 Å². The van der Waals surface area contributed by atoms with Crippen LogP contribution in [0.2, 0.25) is 0 Å². The van der Waals surface area contributed by atoms with E-state index in [2.05, 4.69) is 5.32 Å². The van der Waals surface area contributed by atoms with Crippen LogP contribution in [0.3, 0.4) is 0 Å². The van der Waals surface area contributed by atoms with E-state index in [1.807, 2.05) is 42.5 Å². The summed E-state index contributed by atoms with van der Waals surface area (Å²) in [4.78, 5) is 24.6. The summed E-state index contributed by atoms with van der Waals surface area (Å²) in [5.74, 6) is -0.922. The highest BCUT2D eigenvalue weighted by molar-refractivity contribution is 5.98. The Bertz CT molecular complexity index is 950. The fraction of sp³-hybridized carbons (Fsp3) is 0.182. The number of methoxy groups -OCH3 is 1. The van der Waals surface area contributed by atoms with Crippen molar-refractivity contribution in [3.63, 3.8) is 0 Å². The van der Waals surface area contributed by atoms with Crippen molar-refractivity contribution in [2.24, 2.45) is 0 Å². The third-order valence-electron chi connectivity index (χ3n) is 4.17. The maximum Gasteiger partial charge on any atom is 0.338 e. The number of ether oxygens (including phenoxy) is 2. The van der Waals surface area contributed by atoms with Gasteiger partial charge in [-0.25, -0.2) is 4.79 Å². The van der Waals surface area contributed by atoms with E-state index in [9.17, 15) is 9.59 Å². The van der Waals surface area contributed by atoms with Gasteiger partial charge in [0.05, 0.1) is 12.2 Å². The molecule has 27 heavy (non-hydrogen) atoms. The Morgan fingerprint density at radius 1 is 0.963 bits per heavy atom. The quantitative estimate of drug-likeness (QED) is 0.668. The number of rotatable bonds is 6. The summed E-state index contributed by atoms with van der Waals surface area (Å²) in [5, 5.41) is 4.90. The van der Waals surface area contributed by atoms with Gasteiger partial charge < -0.3 is 14.8 Å². The van der Waals surface area contributed by atoms with Crippen LogP contribution in [-0.2, 0) is 20.9 Å². The highest BCUT2D eigenvalue weighted by atomic mass is 16.5. The van der Waals surface area contributed by atoms with Crippen LogP contribution in [0.1, 0.15) is 22.8 Å². The molecule has 0 bridgehead atoms. The second kappa shape index (κ2) is 8.47. The van der Waals surface area contributed by atoms with Gasteiger partial charge in [-0.3, -0.25) is 4.79 Å². The molecule has 138 valence electrons. The fourth-order valence-electron chi connectivity index (χ4n) is 2.70. The molecule has 0 aliphatic carbocycles. The lowest BCUT2D eigenvalue weighted by Crippen LogP contribution is -2.30. The van der Waals surface area contributed by atoms with Crippen molar-refractivity contribution in [3.8, 4) is 0 Å². The van der Waals surface area contributed by atoms with Crippen LogP contribution in [0.15, 0.2) is 66.7 Å². The van der Waals surface area contributed by atoms with Crippen LogP contribution in [0.5, 0.6) is 0 Å². The van der Waals surface area contributed by atoms with E-state index in [4.69, 9.17) is 9.47 Å². The molecule has 5 heteroatoms. The van der Waals surface area contributed by atoms with Crippen molar-refractivity contribution in [1.82, 2.24) is 0 Å². The summed E-state index contributed by atoms with van der Waals surface area (Å²) in [5.41, 5.74) is 2.00. The lowest BCUT2D eigenvalue weighted by Gasteiger charge is -2.14. The fourth-order valence-corrected chi connectivity index (χ4v) is 2.70. The molecule has 3 aromatic carbocycles. The molecule has 1 N–H and O–H groups in total. The molecule has 3 aromatic rings. The third kappa shape index (κ3) is 4.71. The van der Waals surface area contributed by atoms with Gasteiger partial charge >= 0.3 is 5.97 Å². The van der Waals surface area contributed by atoms with Gasteiger partial charge in [-0.1, -0.05) is 42.5 Å². The molecule has 0 aliphatic heterocycles. The molecule has 5 nitrogen and oxygen atoms in total. The van der Waals surface area contributed by atoms with Gasteiger partial charge in [0.15, 0.2) is 6.10 Å². The van der Waals surface area contributed by atoms with Gasteiger partial charge in [0.25, 0.3) is 5.91 Å². The first kappa shape index (κ1) is 18.6. The number of carbonyl (C=O) groups excluding carboxylic acids is 2. The highest BCUT2D eigenvalue weighted by Gasteiger charge is 2.19. The standard InChI is InChI=1S/C22H21NO4/c1-15(27-22(25)18-9-7-16(8-10-18)14-26-2)21(24)23-20-12-11-17-5-3-4-6-19(17)13-20/h3-13,15H,14H2,1-2H3,(H,23,24). The lowest BCUT2D eigenvalue weighted by atomic mass is 10.1. The zero-order chi connectivity index (χ0) is 19.2. The molecule has 0 spiro atoms. The van der Waals surface area contributed by atoms with Crippen molar-refractivity contribution in [2.75, 3.05) is 12.4 Å². The zero-order valence-corrected chi connectivity index (χ0v) is 15.3. The first-order valence-corrected chi connectivity index (χ1v) is 8.65. The number of esters is 1. The average Bonchev–Trinajstić information content (AvgIpc) is 2.68. The number of hydrogen-bond donors (Lipinski definition) is 1. The second-order valence-electron chi connectivity index (χ2n) is 6.23. The number of fused-ring (bicyclic) bond motifs is 1. The molecular weight excluding hydrogens is 342 g/mol. The van der Waals surface area contributed by atoms with Crippen LogP contribution in [-0.4, -0.2) is 25.1 Å². The Labute approximate surface area is 157 Å². The zero-order valence-electron chi connectivity index (χ0n) is 15.3. The third-order valence-corrected chi connectivity index (χ3v) is 4.17. The molecule has 0 fully saturated rings. The van der Waals surface area contributed by atoms with Gasteiger partial charge in [0.2, 0.25) is 0 Å². The summed E-state index contributed by atoms with van der Waals surface area (Å²) in [6, 6.07) is 20.4. The molecule has 0 heterocycles. The maximum absolute atomic E-state index is 12.3. The Morgan fingerprint density at radius 3 is 2.37 bits per heavy atom. The van der Waals surface area contributed by atoms with Crippen molar-refractivity contribution < 1.29 is 19.1 Å². The normalized spacial score (nSPS) is 11.8. The number of benzene rings is 3. The lowest BCUT2D eigenvalue weighted by molar-refractivity contribution is -0.123. The van der Waals surface area contributed by atoms with E-state index in [0.29, 0.717) is 17.9 Å². The molecule has 0 saturated heterocycles. The summed E-state index contributed by atoms with van der Waals surface area (Å²) in [7, 11) is 1.61. The SMILES string of the molecule is COCc1ccc(C(=O)OC(C)C(=O)Nc2ccc3ccccc3c2)cc1. The van der Waals surface area contributed by atoms with E-state index in [1.165, 1.54) is 0 Å². The largest absolute Gasteiger partial charge is 0.449 e. The van der Waals surface area contributed by atoms with Gasteiger partial charge in [-0.2, -0.15) is 0 Å². The van der Waals surface area contributed by atoms with E-state index in [1.54, 1.807) is 38.3 Å². The molecule has 0 radical (unpaired) electrons. The van der Waals surface area contributed by atoms with Crippen molar-refractivity contribution >= 4 is 28.3 Å². The summed E-state index contributed by atoms with van der Waals surface area (Å²) >= 11 is 0. The number of nitrogens with one attached hydrogen (secondary N) is 1. The van der Waals surface area contributed by atoms with E-state index >= 15 is 0 Å². The van der Waals surface area contributed by atoms with Crippen LogP contribution >= 0.6 is 0 Å². The van der Waals surface area contributed by atoms with Crippen LogP contribution < -0.4 is 5.32 Å². The van der Waals surface area contributed by atoms with E-state index in [0.717, 1.165) is 16.3 Å². The topological polar surface area (TPSA) is 64.6 Å². The number of anilines is 1. The van der Waals surface area contributed by atoms with E-state index in [-0.39, 0.29) is 5.91 Å². The molecule has 1 unspecified atom stereocenters. The Kier molecular flexibility index (Phi) is 5.84. The highest BCUT2D eigenvalue weighted by Crippen LogP contribution is 2.19. The molecule has 0 aliphatic rings. The molecule has 3 rings (SSSR count). The first-order valence-electron chi connectivity index (χ1n) is 8.65. The second-order valence-corrected chi connectivity index (χ2v) is 6.23. The maximum atomic E-state index is 12.3. The van der Waals surface area contributed by atoms with Gasteiger partial charge in [0.1, 0.15) is 0 Å². The van der Waals surface area contributed by atoms with Crippen molar-refractivity contribution in [2.45, 2.75) is 19.6 Å². The monoisotopic (exact) mass is 363 g/mol. The minimum Gasteiger partial charge on any atom is -0.449 e. The number of hydrogen-bond acceptors (Lipinski definition) is 4. The molecule has 0 saturated carbocycles. The predicted octanol–water partition coefficient (Wildman–Crippen LogP) is 4.17. The average molecular weight is 363 g/mol. The molecule has 0 aromatic heterocycles. The van der Waals surface area contributed by atoms with E-state index < -0.39 is 12.1 Å². The molecule has 1 amide bonds. The smallest absolute Gasteiger partial charge is 0.338 e. The summed E-state index contributed by atoms with van der Waals surface area (Å²) in [6.07, 6.45) is -0.914.